The number of carbonyl (C=O) groups is 1. The van der Waals surface area contributed by atoms with Gasteiger partial charge in [0.2, 0.25) is 0 Å². The van der Waals surface area contributed by atoms with E-state index >= 15 is 0 Å². The number of hydrogen-bond acceptors (Lipinski definition) is 3. The van der Waals surface area contributed by atoms with Crippen molar-refractivity contribution in [2.45, 2.75) is 19.4 Å². The predicted octanol–water partition coefficient (Wildman–Crippen LogP) is 1.34. The number of nitrogens with one attached hydrogen (secondary N) is 1. The van der Waals surface area contributed by atoms with Gasteiger partial charge in [-0.3, -0.25) is 9.78 Å². The van der Waals surface area contributed by atoms with Gasteiger partial charge in [0.15, 0.2) is 0 Å². The molecule has 4 nitrogen and oxygen atoms in total. The second-order valence-electron chi connectivity index (χ2n) is 3.15. The molecular formula is C10H13BrN2O2. The third-order valence-corrected chi connectivity index (χ3v) is 2.45. The maximum atomic E-state index is 11.6. The molecule has 0 aliphatic carbocycles. The van der Waals surface area contributed by atoms with Gasteiger partial charge in [0.05, 0.1) is 18.2 Å². The molecule has 1 unspecified atom stereocenters. The van der Waals surface area contributed by atoms with Gasteiger partial charge in [-0.15, -0.1) is 0 Å². The lowest BCUT2D eigenvalue weighted by atomic mass is 10.2. The molecule has 1 heterocycles. The molecule has 5 heteroatoms. The van der Waals surface area contributed by atoms with Crippen molar-refractivity contribution in [2.24, 2.45) is 0 Å². The number of carbonyl (C=O) groups excluding carboxylic acids is 1. The van der Waals surface area contributed by atoms with Crippen LogP contribution in [0, 0.1) is 0 Å². The molecule has 1 aromatic heterocycles. The van der Waals surface area contributed by atoms with Crippen LogP contribution < -0.4 is 5.32 Å². The van der Waals surface area contributed by atoms with Gasteiger partial charge in [-0.2, -0.15) is 0 Å². The highest BCUT2D eigenvalue weighted by Crippen LogP contribution is 2.09. The third-order valence-electron chi connectivity index (χ3n) is 2.02. The number of rotatable bonds is 4. The van der Waals surface area contributed by atoms with E-state index in [-0.39, 0.29) is 18.6 Å². The summed E-state index contributed by atoms with van der Waals surface area (Å²) in [4.78, 5) is 15.5. The minimum Gasteiger partial charge on any atom is -0.394 e. The Kier molecular flexibility index (Phi) is 4.71. The highest BCUT2D eigenvalue weighted by atomic mass is 79.9. The van der Waals surface area contributed by atoms with Gasteiger partial charge < -0.3 is 10.4 Å². The van der Waals surface area contributed by atoms with Gasteiger partial charge in [0.25, 0.3) is 5.91 Å². The van der Waals surface area contributed by atoms with E-state index in [4.69, 9.17) is 5.11 Å². The van der Waals surface area contributed by atoms with Crippen molar-refractivity contribution in [3.05, 3.63) is 28.5 Å². The standard InChI is InChI=1S/C10H13BrN2O2/c1-2-9(6-14)13-10(15)7-3-8(11)5-12-4-7/h3-5,9,14H,2,6H2,1H3,(H,13,15). The summed E-state index contributed by atoms with van der Waals surface area (Å²) in [7, 11) is 0. The minimum absolute atomic E-state index is 0.0519. The predicted molar refractivity (Wildman–Crippen MR) is 60.6 cm³/mol. The second-order valence-corrected chi connectivity index (χ2v) is 4.07. The van der Waals surface area contributed by atoms with E-state index in [1.807, 2.05) is 6.92 Å². The van der Waals surface area contributed by atoms with E-state index in [0.717, 1.165) is 4.47 Å². The lowest BCUT2D eigenvalue weighted by Crippen LogP contribution is -2.36. The summed E-state index contributed by atoms with van der Waals surface area (Å²) in [5, 5.41) is 11.6. The number of hydrogen-bond donors (Lipinski definition) is 2. The molecule has 0 saturated carbocycles. The lowest BCUT2D eigenvalue weighted by molar-refractivity contribution is 0.0914. The average molecular weight is 273 g/mol. The highest BCUT2D eigenvalue weighted by molar-refractivity contribution is 9.10. The van der Waals surface area contributed by atoms with Gasteiger partial charge in [0.1, 0.15) is 0 Å². The van der Waals surface area contributed by atoms with Gasteiger partial charge >= 0.3 is 0 Å². The van der Waals surface area contributed by atoms with Crippen LogP contribution in [0.2, 0.25) is 0 Å². The SMILES string of the molecule is CCC(CO)NC(=O)c1cncc(Br)c1. The van der Waals surface area contributed by atoms with Gasteiger partial charge in [-0.05, 0) is 28.4 Å². The van der Waals surface area contributed by atoms with Crippen molar-refractivity contribution in [1.82, 2.24) is 10.3 Å². The van der Waals surface area contributed by atoms with Gasteiger partial charge in [-0.1, -0.05) is 6.92 Å². The number of nitrogens with zero attached hydrogens (tertiary/aromatic N) is 1. The zero-order valence-corrected chi connectivity index (χ0v) is 9.99. The number of aromatic nitrogens is 1. The number of pyridine rings is 1. The molecule has 2 N–H and O–H groups in total. The number of halogens is 1. The largest absolute Gasteiger partial charge is 0.394 e. The molecule has 0 aliphatic rings. The maximum absolute atomic E-state index is 11.6. The zero-order chi connectivity index (χ0) is 11.3. The molecule has 0 aromatic carbocycles. The van der Waals surface area contributed by atoms with Crippen LogP contribution in [-0.4, -0.2) is 28.6 Å². The molecule has 82 valence electrons. The van der Waals surface area contributed by atoms with Crippen LogP contribution >= 0.6 is 15.9 Å². The van der Waals surface area contributed by atoms with E-state index in [0.29, 0.717) is 12.0 Å². The monoisotopic (exact) mass is 272 g/mol. The van der Waals surface area contributed by atoms with Crippen LogP contribution in [0.15, 0.2) is 22.9 Å². The summed E-state index contributed by atoms with van der Waals surface area (Å²) in [5.41, 5.74) is 0.483. The lowest BCUT2D eigenvalue weighted by Gasteiger charge is -2.13. The molecule has 15 heavy (non-hydrogen) atoms. The molecule has 0 radical (unpaired) electrons. The van der Waals surface area contributed by atoms with E-state index in [9.17, 15) is 4.79 Å². The van der Waals surface area contributed by atoms with Crippen molar-refractivity contribution < 1.29 is 9.90 Å². The van der Waals surface area contributed by atoms with E-state index in [1.165, 1.54) is 6.20 Å². The summed E-state index contributed by atoms with van der Waals surface area (Å²) in [6.07, 6.45) is 3.80. The summed E-state index contributed by atoms with van der Waals surface area (Å²) in [6, 6.07) is 1.49. The zero-order valence-electron chi connectivity index (χ0n) is 8.40. The topological polar surface area (TPSA) is 62.2 Å². The third kappa shape index (κ3) is 3.60. The molecule has 0 saturated heterocycles. The summed E-state index contributed by atoms with van der Waals surface area (Å²) >= 11 is 3.24. The molecule has 1 atom stereocenters. The molecular weight excluding hydrogens is 260 g/mol. The summed E-state index contributed by atoms with van der Waals surface area (Å²) < 4.78 is 0.757. The first-order valence-corrected chi connectivity index (χ1v) is 5.49. The van der Waals surface area contributed by atoms with E-state index in [2.05, 4.69) is 26.2 Å². The number of aliphatic hydroxyl groups is 1. The molecule has 0 aliphatic heterocycles. The second kappa shape index (κ2) is 5.82. The molecule has 0 fully saturated rings. The van der Waals surface area contributed by atoms with Gasteiger partial charge in [0, 0.05) is 16.9 Å². The Morgan fingerprint density at radius 1 is 1.67 bits per heavy atom. The molecule has 1 aromatic rings. The fourth-order valence-electron chi connectivity index (χ4n) is 1.08. The van der Waals surface area contributed by atoms with Crippen molar-refractivity contribution in [2.75, 3.05) is 6.61 Å². The quantitative estimate of drug-likeness (QED) is 0.870. The molecule has 0 spiro atoms. The Labute approximate surface area is 96.8 Å². The van der Waals surface area contributed by atoms with Crippen LogP contribution in [-0.2, 0) is 0 Å². The average Bonchev–Trinajstić information content (AvgIpc) is 2.25. The normalized spacial score (nSPS) is 12.2. The Morgan fingerprint density at radius 2 is 2.40 bits per heavy atom. The first-order valence-electron chi connectivity index (χ1n) is 4.69. The summed E-state index contributed by atoms with van der Waals surface area (Å²) in [6.45, 7) is 1.85. The van der Waals surface area contributed by atoms with Crippen molar-refractivity contribution >= 4 is 21.8 Å². The molecule has 0 bridgehead atoms. The van der Waals surface area contributed by atoms with Crippen LogP contribution in [0.25, 0.3) is 0 Å². The Bertz CT molecular complexity index is 340. The smallest absolute Gasteiger partial charge is 0.253 e. The van der Waals surface area contributed by atoms with Crippen LogP contribution in [0.5, 0.6) is 0 Å². The van der Waals surface area contributed by atoms with Crippen molar-refractivity contribution in [3.63, 3.8) is 0 Å². The Morgan fingerprint density at radius 3 is 2.93 bits per heavy atom. The first-order chi connectivity index (χ1) is 7.17. The van der Waals surface area contributed by atoms with Crippen LogP contribution in [0.1, 0.15) is 23.7 Å². The van der Waals surface area contributed by atoms with E-state index in [1.54, 1.807) is 12.3 Å². The summed E-state index contributed by atoms with van der Waals surface area (Å²) in [5.74, 6) is -0.218. The van der Waals surface area contributed by atoms with Gasteiger partial charge in [-0.25, -0.2) is 0 Å². The number of amides is 1. The fraction of sp³-hybridized carbons (Fsp3) is 0.400. The molecule has 1 rings (SSSR count). The maximum Gasteiger partial charge on any atom is 0.253 e. The minimum atomic E-state index is -0.218. The van der Waals surface area contributed by atoms with E-state index < -0.39 is 0 Å². The van der Waals surface area contributed by atoms with Crippen molar-refractivity contribution in [1.29, 1.82) is 0 Å². The van der Waals surface area contributed by atoms with Crippen molar-refractivity contribution in [3.8, 4) is 0 Å². The van der Waals surface area contributed by atoms with Crippen LogP contribution in [0.4, 0.5) is 0 Å². The Balaban J connectivity index is 2.68. The fourth-order valence-corrected chi connectivity index (χ4v) is 1.45. The highest BCUT2D eigenvalue weighted by Gasteiger charge is 2.11. The number of aliphatic hydroxyl groups excluding tert-OH is 1. The first kappa shape index (κ1) is 12.1. The van der Waals surface area contributed by atoms with Crippen LogP contribution in [0.3, 0.4) is 0 Å². The molecule has 1 amide bonds. The Hall–Kier alpha value is -0.940.